The van der Waals surface area contributed by atoms with Crippen LogP contribution in [0.1, 0.15) is 21.5 Å². The molecule has 2 aromatic rings. The number of benzene rings is 2. The number of fused-ring (bicyclic) bond motifs is 1. The third-order valence-electron chi connectivity index (χ3n) is 4.25. The molecule has 132 valence electrons. The summed E-state index contributed by atoms with van der Waals surface area (Å²) in [5, 5.41) is 9.75. The Bertz CT molecular complexity index is 815. The average molecular weight is 349 g/mol. The van der Waals surface area contributed by atoms with Crippen molar-refractivity contribution in [3.05, 3.63) is 52.6 Å². The fraction of sp³-hybridized carbons (Fsp3) is 0.278. The van der Waals surface area contributed by atoms with Crippen molar-refractivity contribution in [3.8, 4) is 17.2 Å². The zero-order valence-electron chi connectivity index (χ0n) is 13.8. The lowest BCUT2D eigenvalue weighted by atomic mass is 9.98. The van der Waals surface area contributed by atoms with Gasteiger partial charge < -0.3 is 19.5 Å². The van der Waals surface area contributed by atoms with Gasteiger partial charge in [0.1, 0.15) is 22.9 Å². The lowest BCUT2D eigenvalue weighted by molar-refractivity contribution is 0.0726. The molecule has 0 saturated carbocycles. The molecule has 3 rings (SSSR count). The third kappa shape index (κ3) is 3.09. The van der Waals surface area contributed by atoms with Gasteiger partial charge in [0.05, 0.1) is 14.2 Å². The van der Waals surface area contributed by atoms with E-state index in [1.54, 1.807) is 13.2 Å². The van der Waals surface area contributed by atoms with Crippen molar-refractivity contribution in [3.63, 3.8) is 0 Å². The van der Waals surface area contributed by atoms with Crippen molar-refractivity contribution in [1.29, 1.82) is 0 Å². The Morgan fingerprint density at radius 1 is 1.08 bits per heavy atom. The number of aromatic hydroxyl groups is 1. The highest BCUT2D eigenvalue weighted by molar-refractivity contribution is 5.97. The molecule has 0 bridgehead atoms. The Kier molecular flexibility index (Phi) is 4.48. The number of amides is 1. The summed E-state index contributed by atoms with van der Waals surface area (Å²) in [6, 6.07) is 4.93. The Hall–Kier alpha value is -2.83. The van der Waals surface area contributed by atoms with Gasteiger partial charge in [-0.15, -0.1) is 0 Å². The van der Waals surface area contributed by atoms with E-state index >= 15 is 0 Å². The largest absolute Gasteiger partial charge is 0.507 e. The van der Waals surface area contributed by atoms with Crippen molar-refractivity contribution in [2.24, 2.45) is 0 Å². The van der Waals surface area contributed by atoms with E-state index in [9.17, 15) is 18.7 Å². The number of carbonyl (C=O) groups excluding carboxylic acids is 1. The highest BCUT2D eigenvalue weighted by Gasteiger charge is 2.27. The highest BCUT2D eigenvalue weighted by Crippen LogP contribution is 2.34. The second-order valence-corrected chi connectivity index (χ2v) is 5.73. The molecule has 1 aliphatic heterocycles. The predicted octanol–water partition coefficient (Wildman–Crippen LogP) is 2.89. The van der Waals surface area contributed by atoms with Gasteiger partial charge in [-0.1, -0.05) is 0 Å². The number of phenolic OH excluding ortho intramolecular Hbond substituents is 1. The van der Waals surface area contributed by atoms with E-state index in [1.807, 2.05) is 6.07 Å². The summed E-state index contributed by atoms with van der Waals surface area (Å²) in [5.74, 6) is -2.28. The minimum Gasteiger partial charge on any atom is -0.507 e. The number of hydrogen-bond donors (Lipinski definition) is 1. The molecule has 0 unspecified atom stereocenters. The summed E-state index contributed by atoms with van der Waals surface area (Å²) < 4.78 is 37.6. The minimum atomic E-state index is -1.08. The average Bonchev–Trinajstić information content (AvgIpc) is 2.58. The number of hydrogen-bond acceptors (Lipinski definition) is 4. The first-order valence-corrected chi connectivity index (χ1v) is 7.65. The molecule has 0 saturated heterocycles. The molecule has 0 aliphatic carbocycles. The molecule has 5 nitrogen and oxygen atoms in total. The first-order valence-electron chi connectivity index (χ1n) is 7.65. The number of carbonyl (C=O) groups is 1. The van der Waals surface area contributed by atoms with E-state index in [0.29, 0.717) is 30.5 Å². The van der Waals surface area contributed by atoms with Gasteiger partial charge in [-0.3, -0.25) is 4.79 Å². The molecule has 1 amide bonds. The molecule has 2 aromatic carbocycles. The van der Waals surface area contributed by atoms with Crippen LogP contribution in [0.2, 0.25) is 0 Å². The van der Waals surface area contributed by atoms with Crippen LogP contribution < -0.4 is 9.47 Å². The molecule has 0 fully saturated rings. The van der Waals surface area contributed by atoms with Gasteiger partial charge in [-0.2, -0.15) is 0 Å². The van der Waals surface area contributed by atoms with Gasteiger partial charge >= 0.3 is 0 Å². The number of nitrogens with zero attached hydrogens (tertiary/aromatic N) is 1. The molecule has 0 radical (unpaired) electrons. The van der Waals surface area contributed by atoms with E-state index in [4.69, 9.17) is 9.47 Å². The Labute approximate surface area is 143 Å². The summed E-state index contributed by atoms with van der Waals surface area (Å²) in [6.45, 7) is 0.572. The molecule has 0 spiro atoms. The lowest BCUT2D eigenvalue weighted by Crippen LogP contribution is -2.36. The lowest BCUT2D eigenvalue weighted by Gasteiger charge is -2.30. The van der Waals surface area contributed by atoms with Crippen LogP contribution in [0, 0.1) is 11.6 Å². The molecule has 0 aromatic heterocycles. The van der Waals surface area contributed by atoms with E-state index in [1.165, 1.54) is 12.0 Å². The number of methoxy groups -OCH3 is 2. The maximum absolute atomic E-state index is 13.9. The van der Waals surface area contributed by atoms with Crippen LogP contribution in [0.25, 0.3) is 0 Å². The van der Waals surface area contributed by atoms with Crippen LogP contribution in [0.3, 0.4) is 0 Å². The molecule has 25 heavy (non-hydrogen) atoms. The smallest absolute Gasteiger partial charge is 0.260 e. The van der Waals surface area contributed by atoms with E-state index < -0.39 is 28.9 Å². The fourth-order valence-corrected chi connectivity index (χ4v) is 2.99. The highest BCUT2D eigenvalue weighted by atomic mass is 19.1. The van der Waals surface area contributed by atoms with E-state index in [2.05, 4.69) is 0 Å². The topological polar surface area (TPSA) is 59.0 Å². The molecular formula is C18H17F2NO4. The Morgan fingerprint density at radius 3 is 2.32 bits per heavy atom. The molecule has 1 aliphatic rings. The number of halogens is 2. The summed E-state index contributed by atoms with van der Waals surface area (Å²) in [7, 11) is 3.06. The zero-order chi connectivity index (χ0) is 18.1. The van der Waals surface area contributed by atoms with Gasteiger partial charge in [-0.25, -0.2) is 8.78 Å². The summed E-state index contributed by atoms with van der Waals surface area (Å²) in [5.41, 5.74) is 1.33. The molecule has 1 N–H and O–H groups in total. The third-order valence-corrected chi connectivity index (χ3v) is 4.25. The first kappa shape index (κ1) is 17.0. The standard InChI is InChI=1S/C18H17F2NO4/c1-24-15-5-10-3-4-21(9-11(10)6-16(15)25-2)18(23)17-13(20)7-12(19)8-14(17)22/h5-8,22H,3-4,9H2,1-2H3. The van der Waals surface area contributed by atoms with Crippen LogP contribution in [0.5, 0.6) is 17.2 Å². The van der Waals surface area contributed by atoms with Crippen molar-refractivity contribution in [2.75, 3.05) is 20.8 Å². The van der Waals surface area contributed by atoms with Gasteiger partial charge in [0.2, 0.25) is 0 Å². The van der Waals surface area contributed by atoms with Crippen molar-refractivity contribution >= 4 is 5.91 Å². The number of phenols is 1. The predicted molar refractivity (Wildman–Crippen MR) is 86.0 cm³/mol. The number of rotatable bonds is 3. The van der Waals surface area contributed by atoms with E-state index in [-0.39, 0.29) is 6.54 Å². The number of ether oxygens (including phenoxy) is 2. The molecule has 1 heterocycles. The first-order chi connectivity index (χ1) is 11.9. The minimum absolute atomic E-state index is 0.227. The van der Waals surface area contributed by atoms with Crippen molar-refractivity contribution in [1.82, 2.24) is 4.90 Å². The zero-order valence-corrected chi connectivity index (χ0v) is 13.8. The normalized spacial score (nSPS) is 13.4. The molecular weight excluding hydrogens is 332 g/mol. The van der Waals surface area contributed by atoms with Gasteiger partial charge in [-0.05, 0) is 29.7 Å². The van der Waals surface area contributed by atoms with Crippen molar-refractivity contribution in [2.45, 2.75) is 13.0 Å². The maximum Gasteiger partial charge on any atom is 0.260 e. The monoisotopic (exact) mass is 349 g/mol. The van der Waals surface area contributed by atoms with Crippen LogP contribution in [0.4, 0.5) is 8.78 Å². The Morgan fingerprint density at radius 2 is 1.72 bits per heavy atom. The van der Waals surface area contributed by atoms with Gasteiger partial charge in [0, 0.05) is 25.2 Å². The maximum atomic E-state index is 13.9. The SMILES string of the molecule is COc1cc2c(cc1OC)CN(C(=O)c1c(O)cc(F)cc1F)CC2. The van der Waals surface area contributed by atoms with Crippen LogP contribution in [-0.2, 0) is 13.0 Å². The summed E-state index contributed by atoms with van der Waals surface area (Å²) in [4.78, 5) is 14.0. The van der Waals surface area contributed by atoms with Crippen molar-refractivity contribution < 1.29 is 28.2 Å². The molecule has 0 atom stereocenters. The fourth-order valence-electron chi connectivity index (χ4n) is 2.99. The van der Waals surface area contributed by atoms with Gasteiger partial charge in [0.15, 0.2) is 11.5 Å². The van der Waals surface area contributed by atoms with Crippen LogP contribution >= 0.6 is 0 Å². The van der Waals surface area contributed by atoms with E-state index in [0.717, 1.165) is 17.2 Å². The second kappa shape index (κ2) is 6.58. The summed E-state index contributed by atoms with van der Waals surface area (Å²) in [6.07, 6.45) is 0.547. The molecule has 7 heteroatoms. The van der Waals surface area contributed by atoms with Gasteiger partial charge in [0.25, 0.3) is 5.91 Å². The second-order valence-electron chi connectivity index (χ2n) is 5.73. The summed E-state index contributed by atoms with van der Waals surface area (Å²) >= 11 is 0. The Balaban J connectivity index is 1.91. The van der Waals surface area contributed by atoms with Crippen LogP contribution in [0.15, 0.2) is 24.3 Å². The quantitative estimate of drug-likeness (QED) is 0.926. The van der Waals surface area contributed by atoms with Crippen LogP contribution in [-0.4, -0.2) is 36.7 Å².